The van der Waals surface area contributed by atoms with Crippen molar-refractivity contribution in [2.75, 3.05) is 13.2 Å². The first-order valence-electron chi connectivity index (χ1n) is 19.9. The molecule has 10 atom stereocenters. The minimum atomic E-state index is -1.89. The molecule has 14 N–H and O–H groups in total. The Labute approximate surface area is 354 Å². The third-order valence-electron chi connectivity index (χ3n) is 12.7. The van der Waals surface area contributed by atoms with Crippen LogP contribution in [0.15, 0.2) is 79.1 Å². The van der Waals surface area contributed by atoms with Crippen molar-refractivity contribution in [1.82, 2.24) is 0 Å². The highest BCUT2D eigenvalue weighted by molar-refractivity contribution is 5.93. The second-order valence-corrected chi connectivity index (χ2v) is 16.3. The van der Waals surface area contributed by atoms with Crippen LogP contribution in [0.4, 0.5) is 0 Å². The average molecular weight is 873 g/mol. The molecule has 4 aromatic carbocycles. The monoisotopic (exact) mass is 872 g/mol. The first kappa shape index (κ1) is 43.4. The Morgan fingerprint density at radius 3 is 1.59 bits per heavy atom. The zero-order chi connectivity index (χ0) is 45.3. The van der Waals surface area contributed by atoms with Crippen molar-refractivity contribution >= 4 is 21.9 Å². The number of aliphatic hydroxyl groups excluding tert-OH is 8. The van der Waals surface area contributed by atoms with Crippen LogP contribution in [0.1, 0.15) is 46.9 Å². The van der Waals surface area contributed by atoms with Gasteiger partial charge in [-0.2, -0.15) is 0 Å². The van der Waals surface area contributed by atoms with Crippen LogP contribution in [0, 0.1) is 11.8 Å². The maximum Gasteiger partial charge on any atom is 0.200 e. The van der Waals surface area contributed by atoms with Crippen molar-refractivity contribution in [2.45, 2.75) is 67.7 Å². The summed E-state index contributed by atoms with van der Waals surface area (Å²) < 4.78 is 12.5. The Bertz CT molecular complexity index is 2830. The van der Waals surface area contributed by atoms with Gasteiger partial charge in [0.25, 0.3) is 0 Å². The molecule has 2 aliphatic rings. The summed E-state index contributed by atoms with van der Waals surface area (Å²) in [5, 5.41) is 151. The molecule has 0 aliphatic heterocycles. The Morgan fingerprint density at radius 2 is 1.05 bits per heavy atom. The molecule has 18 heteroatoms. The zero-order valence-electron chi connectivity index (χ0n) is 33.0. The molecule has 2 aliphatic carbocycles. The summed E-state index contributed by atoms with van der Waals surface area (Å²) in [5.74, 6) is -8.91. The maximum absolute atomic E-state index is 15.1. The summed E-state index contributed by atoms with van der Waals surface area (Å²) >= 11 is 0. The van der Waals surface area contributed by atoms with E-state index in [-0.39, 0.29) is 58.1 Å². The minimum absolute atomic E-state index is 0.119. The first-order valence-corrected chi connectivity index (χ1v) is 19.9. The molecule has 4 unspecified atom stereocenters. The molecule has 2 fully saturated rings. The molecule has 0 spiro atoms. The highest BCUT2D eigenvalue weighted by Gasteiger charge is 2.47. The highest BCUT2D eigenvalue weighted by atomic mass is 16.4. The largest absolute Gasteiger partial charge is 0.508 e. The average Bonchev–Trinajstić information content (AvgIpc) is 3.25. The van der Waals surface area contributed by atoms with Gasteiger partial charge in [0.05, 0.1) is 24.4 Å². The lowest BCUT2D eigenvalue weighted by Crippen LogP contribution is -2.51. The Kier molecular flexibility index (Phi) is 11.4. The lowest BCUT2D eigenvalue weighted by Gasteiger charge is -2.40. The van der Waals surface area contributed by atoms with Crippen LogP contribution in [0.2, 0.25) is 0 Å². The first-order chi connectivity index (χ1) is 30.0. The number of phenols is 6. The number of benzene rings is 4. The van der Waals surface area contributed by atoms with Crippen molar-refractivity contribution in [1.29, 1.82) is 0 Å². The van der Waals surface area contributed by atoms with Crippen LogP contribution in [0.3, 0.4) is 0 Å². The van der Waals surface area contributed by atoms with E-state index in [0.717, 1.165) is 12.1 Å². The normalized spacial score (nSPS) is 26.3. The zero-order valence-corrected chi connectivity index (χ0v) is 33.0. The molecule has 6 aromatic rings. The fraction of sp³-hybridized carbons (Fsp3) is 0.333. The molecular formula is C45H44O18. The Morgan fingerprint density at radius 1 is 0.540 bits per heavy atom. The van der Waals surface area contributed by atoms with Crippen LogP contribution >= 0.6 is 0 Å². The van der Waals surface area contributed by atoms with Crippen LogP contribution < -0.4 is 10.9 Å². The molecule has 2 heterocycles. The minimum Gasteiger partial charge on any atom is -0.508 e. The van der Waals surface area contributed by atoms with E-state index in [0.29, 0.717) is 0 Å². The second-order valence-electron chi connectivity index (χ2n) is 16.3. The SMILES string of the molecule is O=c1c(Cc2c(O)c(C3CC(CO)[C@H](O)[C@H](O)[C@@H]3O)c(O)c3c(=O)cc(-c4ccc(O)cc4)oc23)c(-c2ccc(O)cc2)oc2cc(O)c(C3CC(CO)[C@@H](O)[C@H](O)[C@@H]3O)c(O)c12. The van der Waals surface area contributed by atoms with Gasteiger partial charge in [-0.3, -0.25) is 9.59 Å². The molecule has 63 heavy (non-hydrogen) atoms. The van der Waals surface area contributed by atoms with Gasteiger partial charge in [-0.1, -0.05) is 0 Å². The van der Waals surface area contributed by atoms with Crippen molar-refractivity contribution in [3.05, 3.63) is 103 Å². The van der Waals surface area contributed by atoms with E-state index in [2.05, 4.69) is 0 Å². The summed E-state index contributed by atoms with van der Waals surface area (Å²) in [6.07, 6.45) is -11.9. The third kappa shape index (κ3) is 7.19. The molecule has 332 valence electrons. The van der Waals surface area contributed by atoms with Crippen LogP contribution in [-0.2, 0) is 6.42 Å². The Balaban J connectivity index is 1.43. The fourth-order valence-electron chi connectivity index (χ4n) is 9.24. The van der Waals surface area contributed by atoms with Gasteiger partial charge in [-0.15, -0.1) is 0 Å². The molecule has 2 saturated carbocycles. The standard InChI is InChI=1S/C45H44O18/c46-14-18-9-22(38(56)42(60)34(18)52)30-26(50)13-29-33(40(30)58)37(55)24(44(63-29)17-3-7-21(49)8-4-17)11-25-36(54)31(23-10-19(15-47)35(53)43(61)39(23)57)41(59)32-27(51)12-28(62-45(25)32)16-1-5-20(48)6-2-16/h1-8,12-13,18-19,22-23,34-35,38-39,42-43,46-50,52-54,56-61H,9-11,14-15H2/t18?,19?,22?,23?,34-,35+,38-,39-,42+,43+/m1/s1. The van der Waals surface area contributed by atoms with Crippen molar-refractivity contribution in [3.8, 4) is 57.1 Å². The highest BCUT2D eigenvalue weighted by Crippen LogP contribution is 2.51. The number of aliphatic hydroxyl groups is 8. The van der Waals surface area contributed by atoms with E-state index in [4.69, 9.17) is 8.83 Å². The van der Waals surface area contributed by atoms with Gasteiger partial charge in [0.1, 0.15) is 80.2 Å². The molecule has 0 saturated heterocycles. The quantitative estimate of drug-likeness (QED) is 0.103. The van der Waals surface area contributed by atoms with E-state index in [1.807, 2.05) is 0 Å². The van der Waals surface area contributed by atoms with Crippen molar-refractivity contribution < 1.29 is 80.3 Å². The van der Waals surface area contributed by atoms with E-state index >= 15 is 4.79 Å². The van der Waals surface area contributed by atoms with Crippen molar-refractivity contribution in [2.24, 2.45) is 11.8 Å². The lowest BCUT2D eigenvalue weighted by atomic mass is 9.72. The lowest BCUT2D eigenvalue weighted by molar-refractivity contribution is -0.127. The molecule has 0 radical (unpaired) electrons. The smallest absolute Gasteiger partial charge is 0.200 e. The fourth-order valence-corrected chi connectivity index (χ4v) is 9.24. The number of aromatic hydroxyl groups is 6. The maximum atomic E-state index is 15.1. The third-order valence-corrected chi connectivity index (χ3v) is 12.7. The van der Waals surface area contributed by atoms with E-state index in [1.54, 1.807) is 0 Å². The summed E-state index contributed by atoms with van der Waals surface area (Å²) in [6, 6.07) is 12.7. The van der Waals surface area contributed by atoms with E-state index in [1.165, 1.54) is 48.5 Å². The van der Waals surface area contributed by atoms with Gasteiger partial charge in [0, 0.05) is 88.8 Å². The molecule has 18 nitrogen and oxygen atoms in total. The predicted molar refractivity (Wildman–Crippen MR) is 221 cm³/mol. The van der Waals surface area contributed by atoms with Crippen molar-refractivity contribution in [3.63, 3.8) is 0 Å². The predicted octanol–water partition coefficient (Wildman–Crippen LogP) is 1.41. The summed E-state index contributed by atoms with van der Waals surface area (Å²) in [5.41, 5.74) is -4.06. The molecule has 0 bridgehead atoms. The number of rotatable bonds is 8. The number of hydrogen-bond acceptors (Lipinski definition) is 18. The van der Waals surface area contributed by atoms with E-state index in [9.17, 15) is 76.3 Å². The van der Waals surface area contributed by atoms with Gasteiger partial charge in [-0.05, 0) is 61.4 Å². The molecule has 0 amide bonds. The van der Waals surface area contributed by atoms with E-state index < -0.39 is 147 Å². The molecular weight excluding hydrogens is 828 g/mol. The van der Waals surface area contributed by atoms with Gasteiger partial charge < -0.3 is 80.3 Å². The van der Waals surface area contributed by atoms with Gasteiger partial charge in [-0.25, -0.2) is 0 Å². The second kappa shape index (κ2) is 16.5. The molecule has 8 rings (SSSR count). The summed E-state index contributed by atoms with van der Waals surface area (Å²) in [4.78, 5) is 29.2. The topological polar surface area (TPSA) is 344 Å². The summed E-state index contributed by atoms with van der Waals surface area (Å²) in [6.45, 7) is -1.33. The van der Waals surface area contributed by atoms with Crippen LogP contribution in [0.5, 0.6) is 34.5 Å². The Hall–Kier alpha value is -6.22. The number of fused-ring (bicyclic) bond motifs is 2. The van der Waals surface area contributed by atoms with Gasteiger partial charge in [0.15, 0.2) is 5.43 Å². The number of phenolic OH excluding ortho intramolecular Hbond substituents is 6. The molecule has 2 aromatic heterocycles. The summed E-state index contributed by atoms with van der Waals surface area (Å²) in [7, 11) is 0. The van der Waals surface area contributed by atoms with Gasteiger partial charge >= 0.3 is 0 Å². The van der Waals surface area contributed by atoms with Gasteiger partial charge in [0.2, 0.25) is 5.43 Å². The van der Waals surface area contributed by atoms with Crippen LogP contribution in [0.25, 0.3) is 44.6 Å². The van der Waals surface area contributed by atoms with Crippen LogP contribution in [-0.4, -0.2) is 121 Å². The number of hydrogen-bond donors (Lipinski definition) is 14.